The highest BCUT2D eigenvalue weighted by Crippen LogP contribution is 2.36. The van der Waals surface area contributed by atoms with Gasteiger partial charge < -0.3 is 4.57 Å². The number of halogens is 3. The van der Waals surface area contributed by atoms with Crippen molar-refractivity contribution < 1.29 is 13.2 Å². The first-order valence-electron chi connectivity index (χ1n) is 6.58. The van der Waals surface area contributed by atoms with Crippen molar-refractivity contribution >= 4 is 0 Å². The van der Waals surface area contributed by atoms with Crippen molar-refractivity contribution in [2.45, 2.75) is 19.6 Å². The molecule has 0 aliphatic carbocycles. The lowest BCUT2D eigenvalue weighted by Gasteiger charge is -2.12. The summed E-state index contributed by atoms with van der Waals surface area (Å²) in [6.45, 7) is 2.27. The molecule has 3 heterocycles. The van der Waals surface area contributed by atoms with Crippen LogP contribution in [0.15, 0.2) is 30.9 Å². The molecule has 1 aliphatic heterocycles. The van der Waals surface area contributed by atoms with Crippen LogP contribution in [-0.4, -0.2) is 24.3 Å². The molecular weight excluding hydrogens is 295 g/mol. The number of aromatic nitrogens is 5. The maximum Gasteiger partial charge on any atom is 0.416 e. The molecule has 1 aliphatic rings. The fraction of sp³-hybridized carbons (Fsp3) is 0.214. The number of aryl methyl sites for hydroxylation is 1. The quantitative estimate of drug-likeness (QED) is 0.502. The summed E-state index contributed by atoms with van der Waals surface area (Å²) in [5.41, 5.74) is 2.00. The second-order valence-electron chi connectivity index (χ2n) is 5.12. The maximum atomic E-state index is 13.0. The Morgan fingerprint density at radius 1 is 1.18 bits per heavy atom. The predicted molar refractivity (Wildman–Crippen MR) is 71.4 cm³/mol. The van der Waals surface area contributed by atoms with E-state index < -0.39 is 11.7 Å². The zero-order valence-corrected chi connectivity index (χ0v) is 11.5. The van der Waals surface area contributed by atoms with Gasteiger partial charge in [0.05, 0.1) is 35.5 Å². The molecule has 0 spiro atoms. The minimum Gasteiger partial charge on any atom is -0.300 e. The topological polar surface area (TPSA) is 48.5 Å². The predicted octanol–water partition coefficient (Wildman–Crippen LogP) is 2.82. The van der Waals surface area contributed by atoms with Gasteiger partial charge >= 0.3 is 6.18 Å². The molecule has 0 radical (unpaired) electrons. The Morgan fingerprint density at radius 2 is 2.00 bits per heavy atom. The van der Waals surface area contributed by atoms with Crippen LogP contribution >= 0.6 is 0 Å². The van der Waals surface area contributed by atoms with Crippen LogP contribution in [0.2, 0.25) is 0 Å². The van der Waals surface area contributed by atoms with Crippen molar-refractivity contribution in [1.29, 1.82) is 0 Å². The van der Waals surface area contributed by atoms with Crippen molar-refractivity contribution in [3.8, 4) is 17.1 Å². The van der Waals surface area contributed by atoms with E-state index in [1.165, 1.54) is 12.4 Å². The van der Waals surface area contributed by atoms with E-state index >= 15 is 0 Å². The Labute approximate surface area is 123 Å². The van der Waals surface area contributed by atoms with Crippen LogP contribution < -0.4 is 0 Å². The molecule has 5 nitrogen and oxygen atoms in total. The van der Waals surface area contributed by atoms with E-state index in [4.69, 9.17) is 0 Å². The normalized spacial score (nSPS) is 13.3. The van der Waals surface area contributed by atoms with E-state index in [2.05, 4.69) is 15.1 Å². The zero-order chi connectivity index (χ0) is 15.5. The molecule has 3 aromatic rings. The molecule has 4 rings (SSSR count). The van der Waals surface area contributed by atoms with E-state index in [-0.39, 0.29) is 0 Å². The smallest absolute Gasteiger partial charge is 0.300 e. The summed E-state index contributed by atoms with van der Waals surface area (Å²) in [5, 5.41) is 4.11. The van der Waals surface area contributed by atoms with Crippen molar-refractivity contribution in [2.24, 2.45) is 0 Å². The van der Waals surface area contributed by atoms with E-state index in [1.807, 2.05) is 6.92 Å². The van der Waals surface area contributed by atoms with Gasteiger partial charge in [-0.3, -0.25) is 0 Å². The SMILES string of the molecule is Cc1ncn2c1Cn1ncnc1-c1cc(C(F)(F)F)ccc1-2. The Morgan fingerprint density at radius 3 is 2.77 bits per heavy atom. The number of fused-ring (bicyclic) bond motifs is 5. The summed E-state index contributed by atoms with van der Waals surface area (Å²) < 4.78 is 42.4. The fourth-order valence-corrected chi connectivity index (χ4v) is 2.69. The number of imidazole rings is 1. The molecule has 0 amide bonds. The van der Waals surface area contributed by atoms with Crippen molar-refractivity contribution in [3.63, 3.8) is 0 Å². The Kier molecular flexibility index (Phi) is 2.48. The van der Waals surface area contributed by atoms with E-state index in [9.17, 15) is 13.2 Å². The van der Waals surface area contributed by atoms with Crippen LogP contribution in [0.25, 0.3) is 17.1 Å². The average Bonchev–Trinajstić information content (AvgIpc) is 3.03. The van der Waals surface area contributed by atoms with Gasteiger partial charge in [0.25, 0.3) is 0 Å². The Hall–Kier alpha value is -2.64. The van der Waals surface area contributed by atoms with Crippen molar-refractivity contribution in [2.75, 3.05) is 0 Å². The summed E-state index contributed by atoms with van der Waals surface area (Å²) in [6, 6.07) is 3.64. The zero-order valence-electron chi connectivity index (χ0n) is 11.5. The van der Waals surface area contributed by atoms with E-state index in [0.29, 0.717) is 23.6 Å². The third kappa shape index (κ3) is 1.76. The summed E-state index contributed by atoms with van der Waals surface area (Å²) in [4.78, 5) is 8.37. The molecule has 0 unspecified atom stereocenters. The Bertz CT molecular complexity index is 875. The molecule has 22 heavy (non-hydrogen) atoms. The van der Waals surface area contributed by atoms with Gasteiger partial charge in [-0.15, -0.1) is 0 Å². The van der Waals surface area contributed by atoms with Crippen LogP contribution in [0.1, 0.15) is 17.0 Å². The summed E-state index contributed by atoms with van der Waals surface area (Å²) in [6.07, 6.45) is -1.44. The molecule has 0 atom stereocenters. The summed E-state index contributed by atoms with van der Waals surface area (Å²) >= 11 is 0. The second-order valence-corrected chi connectivity index (χ2v) is 5.12. The average molecular weight is 305 g/mol. The molecular formula is C14H10F3N5. The largest absolute Gasteiger partial charge is 0.416 e. The van der Waals surface area contributed by atoms with Gasteiger partial charge in [0.2, 0.25) is 0 Å². The number of rotatable bonds is 0. The highest BCUT2D eigenvalue weighted by atomic mass is 19.4. The maximum absolute atomic E-state index is 13.0. The molecule has 112 valence electrons. The second kappa shape index (κ2) is 4.19. The van der Waals surface area contributed by atoms with Gasteiger partial charge in [-0.2, -0.15) is 18.3 Å². The van der Waals surface area contributed by atoms with Crippen LogP contribution in [0.3, 0.4) is 0 Å². The van der Waals surface area contributed by atoms with E-state index in [0.717, 1.165) is 23.5 Å². The number of hydrogen-bond acceptors (Lipinski definition) is 3. The number of alkyl halides is 3. The van der Waals surface area contributed by atoms with Crippen molar-refractivity contribution in [3.05, 3.63) is 47.8 Å². The standard InChI is InChI=1S/C14H10F3N5/c1-8-12-5-22-13(18-6-20-22)10-4-9(14(15,16)17)2-3-11(10)21(12)7-19-8/h2-4,6-7H,5H2,1H3. The molecule has 8 heteroatoms. The molecule has 2 aromatic heterocycles. The van der Waals surface area contributed by atoms with Gasteiger partial charge in [0.1, 0.15) is 6.33 Å². The number of nitrogens with zero attached hydrogens (tertiary/aromatic N) is 5. The molecule has 0 fully saturated rings. The van der Waals surface area contributed by atoms with Gasteiger partial charge in [0, 0.05) is 5.56 Å². The lowest BCUT2D eigenvalue weighted by atomic mass is 10.1. The first kappa shape index (κ1) is 13.1. The minimum absolute atomic E-state index is 0.392. The van der Waals surface area contributed by atoms with Gasteiger partial charge in [-0.1, -0.05) is 0 Å². The number of hydrogen-bond donors (Lipinski definition) is 0. The van der Waals surface area contributed by atoms with Gasteiger partial charge in [0.15, 0.2) is 5.82 Å². The monoisotopic (exact) mass is 305 g/mol. The van der Waals surface area contributed by atoms with E-state index in [1.54, 1.807) is 15.6 Å². The van der Waals surface area contributed by atoms with Crippen LogP contribution in [-0.2, 0) is 12.7 Å². The molecule has 1 aromatic carbocycles. The first-order valence-corrected chi connectivity index (χ1v) is 6.58. The third-order valence-corrected chi connectivity index (χ3v) is 3.81. The highest BCUT2D eigenvalue weighted by molar-refractivity contribution is 5.70. The fourth-order valence-electron chi connectivity index (χ4n) is 2.69. The number of benzene rings is 1. The molecule has 0 saturated heterocycles. The van der Waals surface area contributed by atoms with Crippen molar-refractivity contribution in [1.82, 2.24) is 24.3 Å². The molecule has 0 N–H and O–H groups in total. The van der Waals surface area contributed by atoms with Crippen LogP contribution in [0, 0.1) is 6.92 Å². The molecule has 0 saturated carbocycles. The molecule has 0 bridgehead atoms. The lowest BCUT2D eigenvalue weighted by Crippen LogP contribution is -2.06. The summed E-state index contributed by atoms with van der Waals surface area (Å²) in [5.74, 6) is 0.421. The Balaban J connectivity index is 2.05. The van der Waals surface area contributed by atoms with Crippen LogP contribution in [0.5, 0.6) is 0 Å². The highest BCUT2D eigenvalue weighted by Gasteiger charge is 2.32. The van der Waals surface area contributed by atoms with Gasteiger partial charge in [-0.25, -0.2) is 14.6 Å². The van der Waals surface area contributed by atoms with Gasteiger partial charge in [-0.05, 0) is 25.1 Å². The summed E-state index contributed by atoms with van der Waals surface area (Å²) in [7, 11) is 0. The first-order chi connectivity index (χ1) is 10.4. The minimum atomic E-state index is -4.40. The third-order valence-electron chi connectivity index (χ3n) is 3.81. The van der Waals surface area contributed by atoms with Crippen LogP contribution in [0.4, 0.5) is 13.2 Å². The lowest BCUT2D eigenvalue weighted by molar-refractivity contribution is -0.137.